The second kappa shape index (κ2) is 10.0. The van der Waals surface area contributed by atoms with Crippen LogP contribution in [0.15, 0.2) is 24.3 Å². The highest BCUT2D eigenvalue weighted by Gasteiger charge is 2.46. The van der Waals surface area contributed by atoms with Crippen LogP contribution in [-0.2, 0) is 22.1 Å². The predicted molar refractivity (Wildman–Crippen MR) is 99.7 cm³/mol. The van der Waals surface area contributed by atoms with Crippen molar-refractivity contribution in [2.24, 2.45) is 0 Å². The molecule has 13 heteroatoms. The fourth-order valence-electron chi connectivity index (χ4n) is 3.22. The summed E-state index contributed by atoms with van der Waals surface area (Å²) >= 11 is 0. The maximum atomic E-state index is 13.6. The van der Waals surface area contributed by atoms with E-state index in [0.717, 1.165) is 0 Å². The molecule has 2 aromatic rings. The van der Waals surface area contributed by atoms with E-state index in [-0.39, 0.29) is 19.0 Å². The summed E-state index contributed by atoms with van der Waals surface area (Å²) in [5.74, 6) is -0.259. The zero-order valence-corrected chi connectivity index (χ0v) is 16.8. The molecule has 1 unspecified atom stereocenters. The third-order valence-electron chi connectivity index (χ3n) is 4.86. The number of para-hydroxylation sites is 1. The lowest BCUT2D eigenvalue weighted by molar-refractivity contribution is -0.278. The van der Waals surface area contributed by atoms with E-state index < -0.39 is 60.6 Å². The Hall–Kier alpha value is -2.42. The number of aromatic amines is 1. The zero-order chi connectivity index (χ0) is 23.5. The first-order valence-electron chi connectivity index (χ1n) is 9.48. The van der Waals surface area contributed by atoms with Gasteiger partial charge < -0.3 is 39.4 Å². The third kappa shape index (κ3) is 5.14. The highest BCUT2D eigenvalue weighted by Crippen LogP contribution is 2.37. The van der Waals surface area contributed by atoms with Crippen molar-refractivity contribution >= 4 is 0 Å². The molecule has 1 aliphatic rings. The van der Waals surface area contributed by atoms with Crippen molar-refractivity contribution in [1.82, 2.24) is 10.2 Å². The molecule has 0 amide bonds. The van der Waals surface area contributed by atoms with Crippen molar-refractivity contribution < 1.29 is 52.5 Å². The molecule has 32 heavy (non-hydrogen) atoms. The van der Waals surface area contributed by atoms with Gasteiger partial charge >= 0.3 is 6.18 Å². The quantitative estimate of drug-likeness (QED) is 0.345. The van der Waals surface area contributed by atoms with Crippen LogP contribution in [0.5, 0.6) is 11.6 Å². The van der Waals surface area contributed by atoms with Gasteiger partial charge in [-0.25, -0.2) is 0 Å². The average molecular weight is 464 g/mol. The summed E-state index contributed by atoms with van der Waals surface area (Å²) in [5.41, 5.74) is -1.21. The molecule has 0 bridgehead atoms. The average Bonchev–Trinajstić information content (AvgIpc) is 3.16. The molecule has 1 saturated heterocycles. The number of nitrogens with zero attached hydrogens (tertiary/aromatic N) is 1. The number of ether oxygens (including phenoxy) is 4. The van der Waals surface area contributed by atoms with Crippen LogP contribution in [0.3, 0.4) is 0 Å². The van der Waals surface area contributed by atoms with Crippen LogP contribution >= 0.6 is 0 Å². The van der Waals surface area contributed by atoms with Gasteiger partial charge in [0.1, 0.15) is 35.9 Å². The SMILES string of the molecule is COCOc1ccccc1Cc1c(OC2O[C@H](CO)[C@@H](O)[C@H](O)[C@H]2O)n[nH]c1C(F)(F)F. The Balaban J connectivity index is 1.93. The minimum Gasteiger partial charge on any atom is -0.467 e. The molecule has 0 radical (unpaired) electrons. The number of H-pyrrole nitrogens is 1. The number of benzene rings is 1. The van der Waals surface area contributed by atoms with Crippen molar-refractivity contribution in [3.63, 3.8) is 0 Å². The zero-order valence-electron chi connectivity index (χ0n) is 16.8. The van der Waals surface area contributed by atoms with Crippen LogP contribution in [0, 0.1) is 0 Å². The van der Waals surface area contributed by atoms with E-state index in [1.165, 1.54) is 7.11 Å². The summed E-state index contributed by atoms with van der Waals surface area (Å²) in [4.78, 5) is 0. The third-order valence-corrected chi connectivity index (χ3v) is 4.86. The van der Waals surface area contributed by atoms with Gasteiger partial charge in [0, 0.05) is 13.5 Å². The molecule has 10 nitrogen and oxygen atoms in total. The molecule has 178 valence electrons. The number of rotatable bonds is 8. The number of aliphatic hydroxyl groups is 4. The Morgan fingerprint density at radius 1 is 1.12 bits per heavy atom. The van der Waals surface area contributed by atoms with Crippen LogP contribution in [0.2, 0.25) is 0 Å². The molecule has 3 rings (SSSR count). The number of aromatic nitrogens is 2. The molecule has 5 atom stereocenters. The number of hydrogen-bond acceptors (Lipinski definition) is 9. The van der Waals surface area contributed by atoms with Gasteiger partial charge in [0.15, 0.2) is 6.79 Å². The van der Waals surface area contributed by atoms with Crippen LogP contribution < -0.4 is 9.47 Å². The Morgan fingerprint density at radius 3 is 2.50 bits per heavy atom. The first-order chi connectivity index (χ1) is 15.2. The van der Waals surface area contributed by atoms with Crippen molar-refractivity contribution in [3.8, 4) is 11.6 Å². The lowest BCUT2D eigenvalue weighted by atomic mass is 9.99. The van der Waals surface area contributed by atoms with Crippen LogP contribution in [0.1, 0.15) is 16.8 Å². The predicted octanol–water partition coefficient (Wildman–Crippen LogP) is 0.181. The summed E-state index contributed by atoms with van der Waals surface area (Å²) in [7, 11) is 1.40. The van der Waals surface area contributed by atoms with Crippen molar-refractivity contribution in [3.05, 3.63) is 41.1 Å². The Kier molecular flexibility index (Phi) is 7.59. The second-order valence-electron chi connectivity index (χ2n) is 7.03. The summed E-state index contributed by atoms with van der Waals surface area (Å²) in [6, 6.07) is 6.36. The molecule has 1 aliphatic heterocycles. The van der Waals surface area contributed by atoms with E-state index in [9.17, 15) is 33.6 Å². The lowest BCUT2D eigenvalue weighted by Gasteiger charge is -2.39. The van der Waals surface area contributed by atoms with Gasteiger partial charge in [-0.2, -0.15) is 13.2 Å². The Morgan fingerprint density at radius 2 is 1.84 bits per heavy atom. The molecule has 5 N–H and O–H groups in total. The van der Waals surface area contributed by atoms with Gasteiger partial charge in [0.05, 0.1) is 12.2 Å². The highest BCUT2D eigenvalue weighted by atomic mass is 19.4. The van der Waals surface area contributed by atoms with E-state index in [1.54, 1.807) is 24.3 Å². The van der Waals surface area contributed by atoms with Crippen molar-refractivity contribution in [2.45, 2.75) is 43.3 Å². The number of alkyl halides is 3. The number of nitrogens with one attached hydrogen (secondary N) is 1. The smallest absolute Gasteiger partial charge is 0.433 e. The van der Waals surface area contributed by atoms with Crippen molar-refractivity contribution in [1.29, 1.82) is 0 Å². The molecule has 2 heterocycles. The maximum absolute atomic E-state index is 13.6. The molecular weight excluding hydrogens is 441 g/mol. The minimum atomic E-state index is -4.80. The van der Waals surface area contributed by atoms with Gasteiger partial charge in [-0.15, -0.1) is 5.10 Å². The lowest BCUT2D eigenvalue weighted by Crippen LogP contribution is -2.60. The van der Waals surface area contributed by atoms with E-state index in [0.29, 0.717) is 5.56 Å². The summed E-state index contributed by atoms with van der Waals surface area (Å²) in [6.45, 7) is -0.848. The van der Waals surface area contributed by atoms with Gasteiger partial charge in [-0.05, 0) is 11.6 Å². The molecule has 1 aromatic carbocycles. The fourth-order valence-corrected chi connectivity index (χ4v) is 3.22. The fraction of sp³-hybridized carbons (Fsp3) is 0.526. The van der Waals surface area contributed by atoms with Crippen LogP contribution in [-0.4, -0.2) is 81.8 Å². The molecule has 0 saturated carbocycles. The molecule has 1 aromatic heterocycles. The normalized spacial score (nSPS) is 26.2. The first kappa shape index (κ1) is 24.2. The van der Waals surface area contributed by atoms with E-state index in [2.05, 4.69) is 5.10 Å². The van der Waals surface area contributed by atoms with E-state index in [1.807, 2.05) is 5.10 Å². The number of hydrogen-bond donors (Lipinski definition) is 5. The largest absolute Gasteiger partial charge is 0.467 e. The second-order valence-corrected chi connectivity index (χ2v) is 7.03. The minimum absolute atomic E-state index is 0.122. The van der Waals surface area contributed by atoms with Crippen LogP contribution in [0.4, 0.5) is 13.2 Å². The Bertz CT molecular complexity index is 892. The van der Waals surface area contributed by atoms with Gasteiger partial charge in [-0.3, -0.25) is 5.10 Å². The summed E-state index contributed by atoms with van der Waals surface area (Å²) in [6.07, 6.45) is -13.4. The van der Waals surface area contributed by atoms with E-state index in [4.69, 9.17) is 18.9 Å². The molecule has 1 fully saturated rings. The van der Waals surface area contributed by atoms with Crippen molar-refractivity contribution in [2.75, 3.05) is 20.5 Å². The highest BCUT2D eigenvalue weighted by molar-refractivity contribution is 5.42. The number of methoxy groups -OCH3 is 1. The molecule has 0 spiro atoms. The Labute approximate surface area is 180 Å². The van der Waals surface area contributed by atoms with Gasteiger partial charge in [-0.1, -0.05) is 18.2 Å². The maximum Gasteiger partial charge on any atom is 0.433 e. The van der Waals surface area contributed by atoms with Gasteiger partial charge in [0.2, 0.25) is 12.2 Å². The standard InChI is InChI=1S/C19H23F3N2O8/c1-29-8-30-11-5-3-2-4-9(11)6-10-16(19(20,21)22)23-24-17(10)32-18-15(28)14(27)13(26)12(7-25)31-18/h2-5,12-15,18,25-28H,6-8H2,1H3,(H,23,24)/t12-,13-,14+,15-,18?/m1/s1. The van der Waals surface area contributed by atoms with E-state index >= 15 is 0 Å². The number of halogens is 3. The molecular formula is C19H23F3N2O8. The van der Waals surface area contributed by atoms with Gasteiger partial charge in [0.25, 0.3) is 0 Å². The van der Waals surface area contributed by atoms with Crippen LogP contribution in [0.25, 0.3) is 0 Å². The monoisotopic (exact) mass is 464 g/mol. The summed E-state index contributed by atoms with van der Waals surface area (Å²) < 4.78 is 61.6. The number of aliphatic hydroxyl groups excluding tert-OH is 4. The first-order valence-corrected chi connectivity index (χ1v) is 9.48. The summed E-state index contributed by atoms with van der Waals surface area (Å²) in [5, 5.41) is 44.6. The topological polar surface area (TPSA) is 147 Å². The molecule has 0 aliphatic carbocycles.